The predicted octanol–water partition coefficient (Wildman–Crippen LogP) is 2.29. The smallest absolute Gasteiger partial charge is 0.408 e. The number of hydrogen-bond donors (Lipinski definition) is 3. The highest BCUT2D eigenvalue weighted by Gasteiger charge is 2.27. The molecule has 1 fully saturated rings. The van der Waals surface area contributed by atoms with Crippen molar-refractivity contribution < 1.29 is 9.53 Å². The summed E-state index contributed by atoms with van der Waals surface area (Å²) < 4.78 is 5.45. The topological polar surface area (TPSA) is 88.7 Å². The summed E-state index contributed by atoms with van der Waals surface area (Å²) >= 11 is 8.41. The molecule has 0 aromatic heterocycles. The molecular weight excluding hydrogens is 340 g/mol. The van der Waals surface area contributed by atoms with Crippen LogP contribution in [0.4, 0.5) is 4.79 Å². The molecule has 126 valence electrons. The molecule has 6 nitrogen and oxygen atoms in total. The number of carbonyl (C=O) groups is 1. The molecule has 1 heterocycles. The predicted molar refractivity (Wildman–Crippen MR) is 99.5 cm³/mol. The van der Waals surface area contributed by atoms with Gasteiger partial charge in [0.15, 0.2) is 5.11 Å². The number of nitrogens with two attached hydrogens (primary N) is 1. The van der Waals surface area contributed by atoms with E-state index in [1.165, 1.54) is 6.42 Å². The van der Waals surface area contributed by atoms with Gasteiger partial charge in [0.05, 0.1) is 16.3 Å². The minimum atomic E-state index is -0.535. The van der Waals surface area contributed by atoms with Crippen molar-refractivity contribution in [1.82, 2.24) is 10.7 Å². The number of rotatable bonds is 4. The molecule has 0 aromatic carbocycles. The van der Waals surface area contributed by atoms with Gasteiger partial charge in [-0.25, -0.2) is 4.79 Å². The van der Waals surface area contributed by atoms with Crippen LogP contribution in [-0.2, 0) is 4.74 Å². The zero-order valence-corrected chi connectivity index (χ0v) is 15.8. The summed E-state index contributed by atoms with van der Waals surface area (Å²) in [6.45, 7) is 7.36. The first-order valence-corrected chi connectivity index (χ1v) is 9.55. The molecule has 0 aliphatic carbocycles. The van der Waals surface area contributed by atoms with Crippen LogP contribution >= 0.6 is 35.7 Å². The number of ether oxygens (including phenoxy) is 1. The van der Waals surface area contributed by atoms with Gasteiger partial charge in [-0.15, -0.1) is 23.5 Å². The Labute approximate surface area is 145 Å². The quantitative estimate of drug-likeness (QED) is 0.401. The van der Waals surface area contributed by atoms with E-state index < -0.39 is 11.7 Å². The van der Waals surface area contributed by atoms with Gasteiger partial charge in [-0.1, -0.05) is 0 Å². The molecule has 0 aromatic rings. The van der Waals surface area contributed by atoms with Crippen LogP contribution in [0.5, 0.6) is 0 Å². The highest BCUT2D eigenvalue weighted by Crippen LogP contribution is 2.32. The molecule has 0 bridgehead atoms. The summed E-state index contributed by atoms with van der Waals surface area (Å²) in [5.74, 6) is 2.14. The largest absolute Gasteiger partial charge is 0.444 e. The summed E-state index contributed by atoms with van der Waals surface area (Å²) in [5.41, 5.74) is 8.33. The number of carbonyl (C=O) groups excluding carboxylic acids is 1. The van der Waals surface area contributed by atoms with Crippen LogP contribution in [0.3, 0.4) is 0 Å². The van der Waals surface area contributed by atoms with Crippen molar-refractivity contribution in [3.05, 3.63) is 0 Å². The Morgan fingerprint density at radius 3 is 2.50 bits per heavy atom. The highest BCUT2D eigenvalue weighted by molar-refractivity contribution is 8.18. The van der Waals surface area contributed by atoms with Crippen molar-refractivity contribution >= 4 is 52.7 Å². The lowest BCUT2D eigenvalue weighted by molar-refractivity contribution is 0.0521. The van der Waals surface area contributed by atoms with Crippen molar-refractivity contribution in [2.24, 2.45) is 10.8 Å². The van der Waals surface area contributed by atoms with E-state index in [4.69, 9.17) is 22.7 Å². The molecule has 1 aliphatic heterocycles. The molecule has 4 N–H and O–H groups in total. The molecule has 9 heteroatoms. The van der Waals surface area contributed by atoms with E-state index >= 15 is 0 Å². The van der Waals surface area contributed by atoms with Gasteiger partial charge < -0.3 is 15.8 Å². The fourth-order valence-corrected chi connectivity index (χ4v) is 4.79. The minimum Gasteiger partial charge on any atom is -0.444 e. The van der Waals surface area contributed by atoms with Gasteiger partial charge in [0.1, 0.15) is 5.60 Å². The average Bonchev–Trinajstić information content (AvgIpc) is 2.37. The van der Waals surface area contributed by atoms with Gasteiger partial charge in [-0.2, -0.15) is 5.10 Å². The number of thioether (sulfide) groups is 2. The Morgan fingerprint density at radius 1 is 1.41 bits per heavy atom. The SMILES string of the molecule is C[C@H](NC(=O)OC(C)(C)C)/C(=N\NC(N)=S)C1SCCCS1. The molecule has 1 rings (SSSR count). The molecule has 1 saturated heterocycles. The fourth-order valence-electron chi connectivity index (χ4n) is 1.69. The van der Waals surface area contributed by atoms with Crippen molar-refractivity contribution in [2.45, 2.75) is 50.3 Å². The normalized spacial score (nSPS) is 18.5. The van der Waals surface area contributed by atoms with Crippen molar-refractivity contribution in [2.75, 3.05) is 11.5 Å². The molecule has 1 amide bonds. The van der Waals surface area contributed by atoms with E-state index in [-0.39, 0.29) is 15.7 Å². The lowest BCUT2D eigenvalue weighted by Gasteiger charge is -2.27. The third kappa shape index (κ3) is 7.55. The number of hydrazone groups is 1. The van der Waals surface area contributed by atoms with Crippen LogP contribution < -0.4 is 16.5 Å². The van der Waals surface area contributed by atoms with E-state index in [2.05, 4.69) is 15.8 Å². The van der Waals surface area contributed by atoms with Gasteiger partial charge in [-0.3, -0.25) is 5.43 Å². The van der Waals surface area contributed by atoms with Crippen molar-refractivity contribution in [1.29, 1.82) is 0 Å². The molecule has 0 saturated carbocycles. The van der Waals surface area contributed by atoms with Gasteiger partial charge in [0.25, 0.3) is 0 Å². The summed E-state index contributed by atoms with van der Waals surface area (Å²) in [5, 5.41) is 7.20. The van der Waals surface area contributed by atoms with E-state index in [1.807, 2.05) is 51.2 Å². The number of alkyl carbamates (subject to hydrolysis) is 1. The van der Waals surface area contributed by atoms with Gasteiger partial charge in [0, 0.05) is 0 Å². The van der Waals surface area contributed by atoms with E-state index in [9.17, 15) is 4.79 Å². The Hall–Kier alpha value is -0.670. The van der Waals surface area contributed by atoms with Crippen molar-refractivity contribution in [3.63, 3.8) is 0 Å². The van der Waals surface area contributed by atoms with Crippen LogP contribution in [0.2, 0.25) is 0 Å². The molecule has 0 radical (unpaired) electrons. The monoisotopic (exact) mass is 364 g/mol. The zero-order chi connectivity index (χ0) is 16.8. The second kappa shape index (κ2) is 8.83. The highest BCUT2D eigenvalue weighted by atomic mass is 32.2. The molecule has 1 aliphatic rings. The lowest BCUT2D eigenvalue weighted by Crippen LogP contribution is -2.45. The standard InChI is InChI=1S/C13H24N4O2S3/c1-8(15-12(18)19-13(2,3)4)9(16-17-11(14)20)10-21-6-5-7-22-10/h8,10H,5-7H2,1-4H3,(H,15,18)(H3,14,17,20)/b16-9+/t8-/m0/s1. The number of nitrogens with zero attached hydrogens (tertiary/aromatic N) is 1. The van der Waals surface area contributed by atoms with Crippen LogP contribution in [-0.4, -0.2) is 44.6 Å². The number of nitrogens with one attached hydrogen (secondary N) is 2. The van der Waals surface area contributed by atoms with Crippen LogP contribution in [0, 0.1) is 0 Å². The Bertz CT molecular complexity index is 431. The fraction of sp³-hybridized carbons (Fsp3) is 0.769. The van der Waals surface area contributed by atoms with Crippen LogP contribution in [0.15, 0.2) is 5.10 Å². The second-order valence-electron chi connectivity index (χ2n) is 5.81. The zero-order valence-electron chi connectivity index (χ0n) is 13.3. The van der Waals surface area contributed by atoms with Crippen LogP contribution in [0.25, 0.3) is 0 Å². The molecule has 0 spiro atoms. The second-order valence-corrected chi connectivity index (χ2v) is 8.97. The minimum absolute atomic E-state index is 0.104. The van der Waals surface area contributed by atoms with E-state index in [0.29, 0.717) is 0 Å². The average molecular weight is 365 g/mol. The summed E-state index contributed by atoms with van der Waals surface area (Å²) in [6.07, 6.45) is 0.712. The summed E-state index contributed by atoms with van der Waals surface area (Å²) in [6, 6.07) is -0.278. The number of thiocarbonyl (C=S) groups is 1. The molecular formula is C13H24N4O2S3. The summed E-state index contributed by atoms with van der Waals surface area (Å²) in [7, 11) is 0. The third-order valence-corrected chi connectivity index (χ3v) is 5.59. The maximum absolute atomic E-state index is 11.9. The molecule has 1 atom stereocenters. The molecule has 22 heavy (non-hydrogen) atoms. The van der Waals surface area contributed by atoms with Gasteiger partial charge in [-0.05, 0) is 57.8 Å². The first kappa shape index (κ1) is 19.4. The van der Waals surface area contributed by atoms with Gasteiger partial charge >= 0.3 is 6.09 Å². The van der Waals surface area contributed by atoms with Crippen LogP contribution in [0.1, 0.15) is 34.1 Å². The number of amides is 1. The number of hydrogen-bond acceptors (Lipinski definition) is 6. The lowest BCUT2D eigenvalue weighted by atomic mass is 10.2. The first-order valence-electron chi connectivity index (χ1n) is 7.04. The Morgan fingerprint density at radius 2 is 2.00 bits per heavy atom. The first-order chi connectivity index (χ1) is 10.2. The Kier molecular flexibility index (Phi) is 7.78. The maximum atomic E-state index is 11.9. The van der Waals surface area contributed by atoms with E-state index in [1.54, 1.807) is 0 Å². The molecule has 0 unspecified atom stereocenters. The van der Waals surface area contributed by atoms with E-state index in [0.717, 1.165) is 17.2 Å². The Balaban J connectivity index is 2.74. The maximum Gasteiger partial charge on any atom is 0.408 e. The third-order valence-electron chi connectivity index (χ3n) is 2.54. The van der Waals surface area contributed by atoms with Crippen molar-refractivity contribution in [3.8, 4) is 0 Å². The van der Waals surface area contributed by atoms with Gasteiger partial charge in [0.2, 0.25) is 0 Å². The summed E-state index contributed by atoms with van der Waals surface area (Å²) in [4.78, 5) is 11.9.